The Labute approximate surface area is 140 Å². The molecule has 0 fully saturated rings. The van der Waals surface area contributed by atoms with Crippen molar-refractivity contribution in [3.8, 4) is 0 Å². The second kappa shape index (κ2) is 8.22. The van der Waals surface area contributed by atoms with Crippen LogP contribution in [0, 0.1) is 0 Å². The normalized spacial score (nSPS) is 12.1. The first kappa shape index (κ1) is 18.4. The lowest BCUT2D eigenvalue weighted by Crippen LogP contribution is -2.29. The lowest BCUT2D eigenvalue weighted by atomic mass is 10.3. The molecule has 134 valence electrons. The minimum absolute atomic E-state index is 0.0390. The van der Waals surface area contributed by atoms with Gasteiger partial charge in [0.2, 0.25) is 5.95 Å². The van der Waals surface area contributed by atoms with Crippen molar-refractivity contribution in [1.29, 1.82) is 0 Å². The molecule has 0 radical (unpaired) electrons. The molecule has 2 aromatic rings. The van der Waals surface area contributed by atoms with E-state index >= 15 is 0 Å². The van der Waals surface area contributed by atoms with Gasteiger partial charge in [-0.2, -0.15) is 4.98 Å². The number of hydrogen-bond donors (Lipinski definition) is 2. The molecule has 24 heavy (non-hydrogen) atoms. The Morgan fingerprint density at radius 1 is 1.17 bits per heavy atom. The molecule has 0 atom stereocenters. The molecule has 3 N–H and O–H groups in total. The van der Waals surface area contributed by atoms with E-state index in [1.807, 2.05) is 27.7 Å². The standard InChI is InChI=1S/C15H25N5O4/c1-9(2)22-5-11(6-23-10(3)4)24-8-20-7-17-12-13(20)18-15(16)19-14(12)21/h7,9-11H,5-6,8H2,1-4H3,(H3,16,18,19,21). The van der Waals surface area contributed by atoms with Crippen LogP contribution in [0.2, 0.25) is 0 Å². The highest BCUT2D eigenvalue weighted by atomic mass is 16.6. The van der Waals surface area contributed by atoms with Crippen LogP contribution in [0.4, 0.5) is 5.95 Å². The number of fused-ring (bicyclic) bond motifs is 1. The molecule has 2 heterocycles. The van der Waals surface area contributed by atoms with Crippen LogP contribution in [0.1, 0.15) is 27.7 Å². The van der Waals surface area contributed by atoms with Crippen LogP contribution in [-0.2, 0) is 20.9 Å². The fourth-order valence-corrected chi connectivity index (χ4v) is 1.99. The zero-order chi connectivity index (χ0) is 17.7. The molecule has 9 heteroatoms. The van der Waals surface area contributed by atoms with Crippen LogP contribution in [0.25, 0.3) is 11.2 Å². The van der Waals surface area contributed by atoms with E-state index in [2.05, 4.69) is 15.0 Å². The Balaban J connectivity index is 2.06. The quantitative estimate of drug-likeness (QED) is 0.697. The fraction of sp³-hybridized carbons (Fsp3) is 0.667. The van der Waals surface area contributed by atoms with Gasteiger partial charge in [-0.1, -0.05) is 0 Å². The van der Waals surface area contributed by atoms with Crippen LogP contribution in [0.5, 0.6) is 0 Å². The van der Waals surface area contributed by atoms with Gasteiger partial charge in [-0.25, -0.2) is 4.98 Å². The van der Waals surface area contributed by atoms with Gasteiger partial charge in [-0.15, -0.1) is 0 Å². The molecule has 0 bridgehead atoms. The zero-order valence-corrected chi connectivity index (χ0v) is 14.5. The number of imidazole rings is 1. The average molecular weight is 339 g/mol. The monoisotopic (exact) mass is 339 g/mol. The summed E-state index contributed by atoms with van der Waals surface area (Å²) in [5, 5.41) is 0. The number of rotatable bonds is 9. The number of nitrogens with two attached hydrogens (primary N) is 1. The van der Waals surface area contributed by atoms with Gasteiger partial charge in [0, 0.05) is 0 Å². The maximum Gasteiger partial charge on any atom is 0.280 e. The van der Waals surface area contributed by atoms with Crippen molar-refractivity contribution in [2.45, 2.75) is 52.7 Å². The first-order chi connectivity index (χ1) is 11.4. The third-order valence-electron chi connectivity index (χ3n) is 3.17. The number of aromatic amines is 1. The summed E-state index contributed by atoms with van der Waals surface area (Å²) in [5.41, 5.74) is 5.81. The maximum atomic E-state index is 11.8. The van der Waals surface area contributed by atoms with Crippen molar-refractivity contribution in [1.82, 2.24) is 19.5 Å². The average Bonchev–Trinajstić information content (AvgIpc) is 2.89. The smallest absolute Gasteiger partial charge is 0.280 e. The highest BCUT2D eigenvalue weighted by Gasteiger charge is 2.15. The summed E-state index contributed by atoms with van der Waals surface area (Å²) in [5.74, 6) is 0.0390. The van der Waals surface area contributed by atoms with Gasteiger partial charge in [-0.05, 0) is 27.7 Å². The summed E-state index contributed by atoms with van der Waals surface area (Å²) >= 11 is 0. The number of ether oxygens (including phenoxy) is 3. The van der Waals surface area contributed by atoms with Crippen LogP contribution in [0.3, 0.4) is 0 Å². The van der Waals surface area contributed by atoms with Crippen LogP contribution >= 0.6 is 0 Å². The summed E-state index contributed by atoms with van der Waals surface area (Å²) in [7, 11) is 0. The molecule has 0 saturated heterocycles. The number of nitrogens with one attached hydrogen (secondary N) is 1. The second-order valence-electron chi connectivity index (χ2n) is 6.02. The third-order valence-corrected chi connectivity index (χ3v) is 3.17. The maximum absolute atomic E-state index is 11.8. The van der Waals surface area contributed by atoms with Crippen LogP contribution in [-0.4, -0.2) is 51.0 Å². The van der Waals surface area contributed by atoms with Crippen LogP contribution < -0.4 is 11.3 Å². The van der Waals surface area contributed by atoms with Gasteiger partial charge in [-0.3, -0.25) is 14.3 Å². The summed E-state index contributed by atoms with van der Waals surface area (Å²) in [6.07, 6.45) is 1.45. The van der Waals surface area contributed by atoms with Gasteiger partial charge >= 0.3 is 0 Å². The van der Waals surface area contributed by atoms with Crippen molar-refractivity contribution in [2.24, 2.45) is 0 Å². The van der Waals surface area contributed by atoms with E-state index in [0.717, 1.165) is 0 Å². The lowest BCUT2D eigenvalue weighted by molar-refractivity contribution is -0.0988. The van der Waals surface area contributed by atoms with E-state index in [0.29, 0.717) is 18.9 Å². The molecule has 9 nitrogen and oxygen atoms in total. The highest BCUT2D eigenvalue weighted by Crippen LogP contribution is 2.08. The fourth-order valence-electron chi connectivity index (χ4n) is 1.99. The van der Waals surface area contributed by atoms with Gasteiger partial charge in [0.25, 0.3) is 5.56 Å². The summed E-state index contributed by atoms with van der Waals surface area (Å²) < 4.78 is 18.7. The molecule has 0 unspecified atom stereocenters. The summed E-state index contributed by atoms with van der Waals surface area (Å²) in [6, 6.07) is 0. The molecule has 2 rings (SSSR count). The van der Waals surface area contributed by atoms with Gasteiger partial charge in [0.15, 0.2) is 11.2 Å². The second-order valence-corrected chi connectivity index (χ2v) is 6.02. The van der Waals surface area contributed by atoms with Gasteiger partial charge in [0.05, 0.1) is 31.7 Å². The molecule has 2 aromatic heterocycles. The first-order valence-corrected chi connectivity index (χ1v) is 7.92. The SMILES string of the molecule is CC(C)OCC(COC(C)C)OCn1cnc2c(=O)[nH]c(N)nc21. The van der Waals surface area contributed by atoms with Gasteiger partial charge in [0.1, 0.15) is 12.8 Å². The van der Waals surface area contributed by atoms with Crippen molar-refractivity contribution >= 4 is 17.1 Å². The molecule has 0 amide bonds. The van der Waals surface area contributed by atoms with E-state index in [1.165, 1.54) is 6.33 Å². The van der Waals surface area contributed by atoms with Crippen molar-refractivity contribution in [2.75, 3.05) is 18.9 Å². The largest absolute Gasteiger partial charge is 0.376 e. The third kappa shape index (κ3) is 5.02. The number of anilines is 1. The lowest BCUT2D eigenvalue weighted by Gasteiger charge is -2.21. The molecule has 0 aliphatic carbocycles. The number of H-pyrrole nitrogens is 1. The topological polar surface area (TPSA) is 117 Å². The molecule has 0 saturated carbocycles. The number of hydrogen-bond acceptors (Lipinski definition) is 7. The Morgan fingerprint density at radius 2 is 1.79 bits per heavy atom. The molecule has 0 aromatic carbocycles. The zero-order valence-electron chi connectivity index (χ0n) is 14.5. The minimum Gasteiger partial charge on any atom is -0.376 e. The van der Waals surface area contributed by atoms with E-state index in [1.54, 1.807) is 4.57 Å². The Morgan fingerprint density at radius 3 is 2.38 bits per heavy atom. The van der Waals surface area contributed by atoms with E-state index < -0.39 is 0 Å². The molecule has 0 spiro atoms. The van der Waals surface area contributed by atoms with Crippen molar-refractivity contribution < 1.29 is 14.2 Å². The van der Waals surface area contributed by atoms with Crippen molar-refractivity contribution in [3.05, 3.63) is 16.7 Å². The minimum atomic E-state index is -0.376. The van der Waals surface area contributed by atoms with E-state index in [4.69, 9.17) is 19.9 Å². The molecular formula is C15H25N5O4. The molecular weight excluding hydrogens is 314 g/mol. The number of aromatic nitrogens is 4. The Bertz CT molecular complexity index is 697. The van der Waals surface area contributed by atoms with Gasteiger partial charge < -0.3 is 19.9 Å². The predicted molar refractivity (Wildman–Crippen MR) is 89.6 cm³/mol. The van der Waals surface area contributed by atoms with Crippen molar-refractivity contribution in [3.63, 3.8) is 0 Å². The highest BCUT2D eigenvalue weighted by molar-refractivity contribution is 5.70. The number of nitrogens with zero attached hydrogens (tertiary/aromatic N) is 3. The first-order valence-electron chi connectivity index (χ1n) is 7.92. The number of nitrogen functional groups attached to an aromatic ring is 1. The Hall–Kier alpha value is -1.97. The molecule has 0 aliphatic heterocycles. The molecule has 0 aliphatic rings. The van der Waals surface area contributed by atoms with E-state index in [9.17, 15) is 4.79 Å². The van der Waals surface area contributed by atoms with Crippen LogP contribution in [0.15, 0.2) is 11.1 Å². The Kier molecular flexibility index (Phi) is 6.29. The summed E-state index contributed by atoms with van der Waals surface area (Å²) in [6.45, 7) is 8.83. The summed E-state index contributed by atoms with van der Waals surface area (Å²) in [4.78, 5) is 22.3. The van der Waals surface area contributed by atoms with E-state index in [-0.39, 0.29) is 42.1 Å². The predicted octanol–water partition coefficient (Wildman–Crippen LogP) is 0.895.